The third kappa shape index (κ3) is 5.54. The highest BCUT2D eigenvalue weighted by molar-refractivity contribution is 7.09. The monoisotopic (exact) mass is 391 g/mol. The van der Waals surface area contributed by atoms with Gasteiger partial charge in [0.1, 0.15) is 10.8 Å². The van der Waals surface area contributed by atoms with Crippen molar-refractivity contribution in [3.05, 3.63) is 27.8 Å². The lowest BCUT2D eigenvalue weighted by Gasteiger charge is -2.23. The van der Waals surface area contributed by atoms with Gasteiger partial charge in [-0.15, -0.1) is 11.3 Å². The minimum absolute atomic E-state index is 0.0135. The Bertz CT molecular complexity index is 800. The molecule has 2 N–H and O–H groups in total. The summed E-state index contributed by atoms with van der Waals surface area (Å²) in [4.78, 5) is 17.1. The van der Waals surface area contributed by atoms with Crippen LogP contribution in [0.2, 0.25) is 0 Å². The molecular weight excluding hydrogens is 358 g/mol. The fourth-order valence-electron chi connectivity index (χ4n) is 2.40. The molecule has 2 amide bonds. The molecule has 0 unspecified atom stereocenters. The SMILES string of the molecule is CC(C)(C)c1csc(CNC(=O)Nc2cc(C(C)(C)C)nn2C(C)(C)C)n1. The van der Waals surface area contributed by atoms with Gasteiger partial charge in [-0.2, -0.15) is 5.10 Å². The summed E-state index contributed by atoms with van der Waals surface area (Å²) in [5.41, 5.74) is 1.68. The van der Waals surface area contributed by atoms with Crippen LogP contribution in [0.4, 0.5) is 10.6 Å². The molecule has 2 rings (SSSR count). The van der Waals surface area contributed by atoms with Gasteiger partial charge < -0.3 is 5.32 Å². The van der Waals surface area contributed by atoms with Gasteiger partial charge in [-0.3, -0.25) is 5.32 Å². The number of aromatic nitrogens is 3. The molecule has 7 heteroatoms. The Hall–Kier alpha value is -1.89. The molecule has 2 aromatic rings. The molecule has 0 atom stereocenters. The van der Waals surface area contributed by atoms with Crippen molar-refractivity contribution in [1.29, 1.82) is 0 Å². The van der Waals surface area contributed by atoms with Gasteiger partial charge in [-0.05, 0) is 20.8 Å². The van der Waals surface area contributed by atoms with Gasteiger partial charge >= 0.3 is 6.03 Å². The zero-order chi connectivity index (χ0) is 20.6. The van der Waals surface area contributed by atoms with Crippen LogP contribution in [0.25, 0.3) is 0 Å². The lowest BCUT2D eigenvalue weighted by Crippen LogP contribution is -2.32. The molecule has 2 aromatic heterocycles. The Labute approximate surface area is 166 Å². The number of nitrogens with one attached hydrogen (secondary N) is 2. The fourth-order valence-corrected chi connectivity index (χ4v) is 3.36. The first-order chi connectivity index (χ1) is 12.2. The third-order valence-corrected chi connectivity index (χ3v) is 4.92. The fraction of sp³-hybridized carbons (Fsp3) is 0.650. The second kappa shape index (κ2) is 7.26. The van der Waals surface area contributed by atoms with Crippen LogP contribution in [0, 0.1) is 0 Å². The van der Waals surface area contributed by atoms with Gasteiger partial charge in [0.05, 0.1) is 23.5 Å². The summed E-state index contributed by atoms with van der Waals surface area (Å²) in [7, 11) is 0. The van der Waals surface area contributed by atoms with Crippen LogP contribution in [0.1, 0.15) is 78.7 Å². The van der Waals surface area contributed by atoms with Crippen molar-refractivity contribution in [2.24, 2.45) is 0 Å². The Balaban J connectivity index is 2.09. The first-order valence-corrected chi connectivity index (χ1v) is 10.2. The average molecular weight is 392 g/mol. The van der Waals surface area contributed by atoms with Gasteiger partial charge in [-0.25, -0.2) is 14.5 Å². The number of anilines is 1. The zero-order valence-electron chi connectivity index (χ0n) is 18.0. The maximum absolute atomic E-state index is 12.4. The topological polar surface area (TPSA) is 71.8 Å². The summed E-state index contributed by atoms with van der Waals surface area (Å²) < 4.78 is 1.87. The van der Waals surface area contributed by atoms with Crippen LogP contribution >= 0.6 is 11.3 Å². The molecular formula is C20H33N5OS. The lowest BCUT2D eigenvalue weighted by atomic mass is 9.92. The van der Waals surface area contributed by atoms with Crippen molar-refractivity contribution in [2.75, 3.05) is 5.32 Å². The maximum Gasteiger partial charge on any atom is 0.320 e. The number of urea groups is 1. The van der Waals surface area contributed by atoms with Gasteiger partial charge in [0.25, 0.3) is 0 Å². The van der Waals surface area contributed by atoms with E-state index in [1.807, 2.05) is 10.7 Å². The lowest BCUT2D eigenvalue weighted by molar-refractivity contribution is 0.251. The van der Waals surface area contributed by atoms with E-state index in [1.54, 1.807) is 11.3 Å². The molecule has 0 aromatic carbocycles. The molecule has 0 aliphatic heterocycles. The highest BCUT2D eigenvalue weighted by atomic mass is 32.1. The number of rotatable bonds is 3. The molecule has 6 nitrogen and oxygen atoms in total. The third-order valence-electron chi connectivity index (χ3n) is 4.08. The van der Waals surface area contributed by atoms with Gasteiger partial charge in [0, 0.05) is 22.3 Å². The van der Waals surface area contributed by atoms with Crippen molar-refractivity contribution < 1.29 is 4.79 Å². The standard InChI is InChI=1S/C20H33N5OS/c1-18(2,3)13-10-15(25(24-13)20(7,8)9)23-17(26)21-11-16-22-14(12-27-16)19(4,5)6/h10,12H,11H2,1-9H3,(H2,21,23,26). The predicted molar refractivity (Wildman–Crippen MR) is 113 cm³/mol. The summed E-state index contributed by atoms with van der Waals surface area (Å²) in [5, 5.41) is 13.5. The van der Waals surface area contributed by atoms with E-state index in [-0.39, 0.29) is 22.4 Å². The molecule has 0 saturated heterocycles. The van der Waals surface area contributed by atoms with Crippen LogP contribution in [-0.4, -0.2) is 20.8 Å². The summed E-state index contributed by atoms with van der Waals surface area (Å²) in [5.74, 6) is 0.694. The Morgan fingerprint density at radius 3 is 2.11 bits per heavy atom. The maximum atomic E-state index is 12.4. The molecule has 150 valence electrons. The van der Waals surface area contributed by atoms with Crippen LogP contribution < -0.4 is 10.6 Å². The van der Waals surface area contributed by atoms with Crippen molar-refractivity contribution in [3.8, 4) is 0 Å². The van der Waals surface area contributed by atoms with E-state index in [0.717, 1.165) is 16.4 Å². The first-order valence-electron chi connectivity index (χ1n) is 9.29. The molecule has 0 saturated carbocycles. The zero-order valence-corrected chi connectivity index (χ0v) is 18.8. The van der Waals surface area contributed by atoms with E-state index in [9.17, 15) is 4.79 Å². The smallest absolute Gasteiger partial charge is 0.320 e. The molecule has 2 heterocycles. The predicted octanol–water partition coefficient (Wildman–Crippen LogP) is 5.01. The van der Waals surface area contributed by atoms with Crippen molar-refractivity contribution >= 4 is 23.2 Å². The minimum atomic E-state index is -0.256. The molecule has 0 aliphatic rings. The normalized spacial score (nSPS) is 12.9. The Morgan fingerprint density at radius 2 is 1.63 bits per heavy atom. The summed E-state index contributed by atoms with van der Waals surface area (Å²) in [6.07, 6.45) is 0. The van der Waals surface area contributed by atoms with Crippen molar-refractivity contribution in [1.82, 2.24) is 20.1 Å². The molecule has 0 spiro atoms. The van der Waals surface area contributed by atoms with Crippen LogP contribution in [-0.2, 0) is 22.9 Å². The van der Waals surface area contributed by atoms with Crippen molar-refractivity contribution in [2.45, 2.75) is 85.2 Å². The van der Waals surface area contributed by atoms with E-state index in [0.29, 0.717) is 12.4 Å². The second-order valence-electron chi connectivity index (χ2n) is 9.93. The van der Waals surface area contributed by atoms with E-state index >= 15 is 0 Å². The number of thiazole rings is 1. The molecule has 0 fully saturated rings. The summed E-state index contributed by atoms with van der Waals surface area (Å²) in [6.45, 7) is 19.3. The highest BCUT2D eigenvalue weighted by Gasteiger charge is 2.26. The van der Waals surface area contributed by atoms with Crippen LogP contribution in [0.3, 0.4) is 0 Å². The number of amides is 2. The molecule has 0 radical (unpaired) electrons. The van der Waals surface area contributed by atoms with Gasteiger partial charge in [0.15, 0.2) is 0 Å². The first kappa shape index (κ1) is 21.4. The summed E-state index contributed by atoms with van der Waals surface area (Å²) >= 11 is 1.57. The number of hydrogen-bond acceptors (Lipinski definition) is 4. The number of carbonyl (C=O) groups excluding carboxylic acids is 1. The number of carbonyl (C=O) groups is 1. The molecule has 0 aliphatic carbocycles. The van der Waals surface area contributed by atoms with E-state index < -0.39 is 0 Å². The van der Waals surface area contributed by atoms with E-state index in [1.165, 1.54) is 0 Å². The average Bonchev–Trinajstić information content (AvgIpc) is 3.09. The van der Waals surface area contributed by atoms with Crippen molar-refractivity contribution in [3.63, 3.8) is 0 Å². The van der Waals surface area contributed by atoms with Crippen LogP contribution in [0.5, 0.6) is 0 Å². The largest absolute Gasteiger partial charge is 0.331 e. The minimum Gasteiger partial charge on any atom is -0.331 e. The summed E-state index contributed by atoms with van der Waals surface area (Å²) in [6, 6.07) is 1.69. The van der Waals surface area contributed by atoms with E-state index in [2.05, 4.69) is 83.3 Å². The number of nitrogens with zero attached hydrogens (tertiary/aromatic N) is 3. The van der Waals surface area contributed by atoms with Gasteiger partial charge in [0.2, 0.25) is 0 Å². The highest BCUT2D eigenvalue weighted by Crippen LogP contribution is 2.28. The quantitative estimate of drug-likeness (QED) is 0.772. The van der Waals surface area contributed by atoms with Gasteiger partial charge in [-0.1, -0.05) is 41.5 Å². The van der Waals surface area contributed by atoms with E-state index in [4.69, 9.17) is 5.10 Å². The molecule has 27 heavy (non-hydrogen) atoms. The Kier molecular flexibility index (Phi) is 5.76. The Morgan fingerprint density at radius 1 is 1.04 bits per heavy atom. The number of hydrogen-bond donors (Lipinski definition) is 2. The molecule has 0 bridgehead atoms. The van der Waals surface area contributed by atoms with Crippen LogP contribution in [0.15, 0.2) is 11.4 Å². The second-order valence-corrected chi connectivity index (χ2v) is 10.9.